The first-order valence-electron chi connectivity index (χ1n) is 6.68. The number of rotatable bonds is 6. The largest absolute Gasteiger partial charge is 0.394 e. The number of carbonyl (C=O) groups is 1. The van der Waals surface area contributed by atoms with Gasteiger partial charge in [0.05, 0.1) is 12.6 Å². The molecule has 0 bridgehead atoms. The Morgan fingerprint density at radius 3 is 2.05 bits per heavy atom. The van der Waals surface area contributed by atoms with E-state index < -0.39 is 0 Å². The zero-order valence-electron chi connectivity index (χ0n) is 11.5. The van der Waals surface area contributed by atoms with Gasteiger partial charge in [0.1, 0.15) is 6.29 Å². The Kier molecular flexibility index (Phi) is 5.04. The molecule has 0 unspecified atom stereocenters. The average molecular weight is 269 g/mol. The van der Waals surface area contributed by atoms with E-state index in [4.69, 9.17) is 0 Å². The first-order chi connectivity index (χ1) is 9.76. The number of aldehydes is 1. The lowest BCUT2D eigenvalue weighted by molar-refractivity contribution is 0.112. The molecule has 0 saturated carbocycles. The summed E-state index contributed by atoms with van der Waals surface area (Å²) >= 11 is 0. The van der Waals surface area contributed by atoms with Gasteiger partial charge in [-0.2, -0.15) is 0 Å². The van der Waals surface area contributed by atoms with Crippen molar-refractivity contribution >= 4 is 6.29 Å². The summed E-state index contributed by atoms with van der Waals surface area (Å²) in [5.41, 5.74) is 4.16. The fourth-order valence-corrected chi connectivity index (χ4v) is 2.18. The molecule has 0 radical (unpaired) electrons. The van der Waals surface area contributed by atoms with Gasteiger partial charge in [-0.3, -0.25) is 4.79 Å². The van der Waals surface area contributed by atoms with Crippen LogP contribution in [0.2, 0.25) is 0 Å². The van der Waals surface area contributed by atoms with Gasteiger partial charge >= 0.3 is 0 Å². The van der Waals surface area contributed by atoms with Gasteiger partial charge < -0.3 is 10.4 Å². The van der Waals surface area contributed by atoms with Gasteiger partial charge in [-0.25, -0.2) is 0 Å². The van der Waals surface area contributed by atoms with Crippen LogP contribution in [0.4, 0.5) is 0 Å². The van der Waals surface area contributed by atoms with Crippen LogP contribution < -0.4 is 5.32 Å². The second-order valence-corrected chi connectivity index (χ2v) is 4.80. The van der Waals surface area contributed by atoms with E-state index in [1.54, 1.807) is 0 Å². The molecule has 0 aliphatic rings. The van der Waals surface area contributed by atoms with Crippen LogP contribution in [-0.2, 0) is 6.42 Å². The van der Waals surface area contributed by atoms with Crippen molar-refractivity contribution in [3.05, 3.63) is 70.8 Å². The number of hydrogen-bond acceptors (Lipinski definition) is 3. The van der Waals surface area contributed by atoms with Crippen molar-refractivity contribution in [3.63, 3.8) is 0 Å². The Hall–Kier alpha value is -1.97. The Labute approximate surface area is 119 Å². The van der Waals surface area contributed by atoms with Crippen LogP contribution in [0.5, 0.6) is 0 Å². The zero-order valence-corrected chi connectivity index (χ0v) is 11.5. The Morgan fingerprint density at radius 2 is 1.60 bits per heavy atom. The summed E-state index contributed by atoms with van der Waals surface area (Å²) in [7, 11) is 1.84. The first-order valence-corrected chi connectivity index (χ1v) is 6.68. The normalized spacial score (nSPS) is 12.1. The maximum absolute atomic E-state index is 10.6. The molecule has 0 spiro atoms. The summed E-state index contributed by atoms with van der Waals surface area (Å²) in [6.45, 7) is 0.0863. The van der Waals surface area contributed by atoms with Crippen molar-refractivity contribution in [1.29, 1.82) is 0 Å². The Balaban J connectivity index is 2.07. The third-order valence-electron chi connectivity index (χ3n) is 3.44. The molecule has 2 aromatic rings. The minimum absolute atomic E-state index is 0.0177. The van der Waals surface area contributed by atoms with Crippen molar-refractivity contribution < 1.29 is 9.90 Å². The quantitative estimate of drug-likeness (QED) is 0.791. The topological polar surface area (TPSA) is 49.3 Å². The average Bonchev–Trinajstić information content (AvgIpc) is 2.51. The van der Waals surface area contributed by atoms with Crippen LogP contribution in [-0.4, -0.2) is 25.0 Å². The van der Waals surface area contributed by atoms with Crippen molar-refractivity contribution in [2.45, 2.75) is 12.5 Å². The van der Waals surface area contributed by atoms with Gasteiger partial charge in [0.25, 0.3) is 0 Å². The third kappa shape index (κ3) is 3.53. The molecule has 1 atom stereocenters. The highest BCUT2D eigenvalue weighted by molar-refractivity contribution is 5.74. The summed E-state index contributed by atoms with van der Waals surface area (Å²) in [5.74, 6) is 0. The standard InChI is InChI=1S/C17H19NO2/c1-18-17(12-20)16-8-6-14(7-9-16)10-13-2-4-15(11-19)5-3-13/h2-9,11,17-18,20H,10,12H2,1H3/t17-/m1/s1. The third-order valence-corrected chi connectivity index (χ3v) is 3.44. The van der Waals surface area contributed by atoms with Gasteiger partial charge in [0.2, 0.25) is 0 Å². The van der Waals surface area contributed by atoms with Gasteiger partial charge in [-0.1, -0.05) is 48.5 Å². The van der Waals surface area contributed by atoms with Crippen molar-refractivity contribution in [2.75, 3.05) is 13.7 Å². The minimum atomic E-state index is -0.0177. The number of benzene rings is 2. The van der Waals surface area contributed by atoms with Crippen LogP contribution in [0.3, 0.4) is 0 Å². The zero-order chi connectivity index (χ0) is 14.4. The van der Waals surface area contributed by atoms with Gasteiger partial charge in [-0.05, 0) is 30.2 Å². The fourth-order valence-electron chi connectivity index (χ4n) is 2.18. The molecule has 0 aliphatic carbocycles. The highest BCUT2D eigenvalue weighted by atomic mass is 16.3. The van der Waals surface area contributed by atoms with E-state index in [1.807, 2.05) is 43.4 Å². The second kappa shape index (κ2) is 6.98. The van der Waals surface area contributed by atoms with Gasteiger partial charge in [0, 0.05) is 5.56 Å². The molecule has 0 amide bonds. The molecule has 0 saturated heterocycles. The van der Waals surface area contributed by atoms with E-state index in [1.165, 1.54) is 11.1 Å². The number of aliphatic hydroxyl groups excluding tert-OH is 1. The summed E-state index contributed by atoms with van der Waals surface area (Å²) in [4.78, 5) is 10.6. The number of likely N-dealkylation sites (N-methyl/N-ethyl adjacent to an activating group) is 1. The Bertz CT molecular complexity index is 542. The molecule has 104 valence electrons. The van der Waals surface area contributed by atoms with E-state index in [2.05, 4.69) is 17.4 Å². The summed E-state index contributed by atoms with van der Waals surface area (Å²) in [6.07, 6.45) is 1.69. The monoisotopic (exact) mass is 269 g/mol. The maximum atomic E-state index is 10.6. The van der Waals surface area contributed by atoms with Crippen LogP contribution in [0.25, 0.3) is 0 Å². The molecule has 0 heterocycles. The number of carbonyl (C=O) groups excluding carboxylic acids is 1. The lowest BCUT2D eigenvalue weighted by Crippen LogP contribution is -2.19. The van der Waals surface area contributed by atoms with Crippen molar-refractivity contribution in [2.24, 2.45) is 0 Å². The lowest BCUT2D eigenvalue weighted by atomic mass is 10.0. The molecule has 0 fully saturated rings. The fraction of sp³-hybridized carbons (Fsp3) is 0.235. The predicted molar refractivity (Wildman–Crippen MR) is 80.0 cm³/mol. The molecular formula is C17H19NO2. The number of hydrogen-bond donors (Lipinski definition) is 2. The predicted octanol–water partition coefficient (Wildman–Crippen LogP) is 2.34. The Morgan fingerprint density at radius 1 is 1.05 bits per heavy atom. The molecule has 3 heteroatoms. The molecule has 2 N–H and O–H groups in total. The molecule has 3 nitrogen and oxygen atoms in total. The van der Waals surface area contributed by atoms with E-state index in [-0.39, 0.29) is 12.6 Å². The lowest BCUT2D eigenvalue weighted by Gasteiger charge is -2.13. The number of aliphatic hydroxyl groups is 1. The van der Waals surface area contributed by atoms with Crippen LogP contribution >= 0.6 is 0 Å². The van der Waals surface area contributed by atoms with E-state index >= 15 is 0 Å². The SMILES string of the molecule is CN[C@H](CO)c1ccc(Cc2ccc(C=O)cc2)cc1. The summed E-state index contributed by atoms with van der Waals surface area (Å²) in [6, 6.07) is 15.8. The summed E-state index contributed by atoms with van der Waals surface area (Å²) < 4.78 is 0. The van der Waals surface area contributed by atoms with Gasteiger partial charge in [0.15, 0.2) is 0 Å². The smallest absolute Gasteiger partial charge is 0.150 e. The van der Waals surface area contributed by atoms with Crippen molar-refractivity contribution in [3.8, 4) is 0 Å². The molecule has 2 aromatic carbocycles. The highest BCUT2D eigenvalue weighted by Gasteiger charge is 2.07. The highest BCUT2D eigenvalue weighted by Crippen LogP contribution is 2.15. The second-order valence-electron chi connectivity index (χ2n) is 4.80. The van der Waals surface area contributed by atoms with Crippen LogP contribution in [0.1, 0.15) is 33.1 Å². The minimum Gasteiger partial charge on any atom is -0.394 e. The van der Waals surface area contributed by atoms with Crippen LogP contribution in [0, 0.1) is 0 Å². The molecule has 0 aliphatic heterocycles. The first kappa shape index (κ1) is 14.4. The summed E-state index contributed by atoms with van der Waals surface area (Å²) in [5, 5.41) is 12.3. The van der Waals surface area contributed by atoms with Gasteiger partial charge in [-0.15, -0.1) is 0 Å². The molecule has 2 rings (SSSR count). The molecule has 0 aromatic heterocycles. The molecule has 20 heavy (non-hydrogen) atoms. The molecular weight excluding hydrogens is 250 g/mol. The van der Waals surface area contributed by atoms with E-state index in [0.717, 1.165) is 18.3 Å². The maximum Gasteiger partial charge on any atom is 0.150 e. The number of nitrogens with one attached hydrogen (secondary N) is 1. The van der Waals surface area contributed by atoms with E-state index in [9.17, 15) is 9.90 Å². The van der Waals surface area contributed by atoms with Crippen molar-refractivity contribution in [1.82, 2.24) is 5.32 Å². The van der Waals surface area contributed by atoms with Crippen LogP contribution in [0.15, 0.2) is 48.5 Å². The van der Waals surface area contributed by atoms with E-state index in [0.29, 0.717) is 5.56 Å².